The molecular formula is C18H16N2O. The van der Waals surface area contributed by atoms with Crippen LogP contribution in [0.2, 0.25) is 0 Å². The molecule has 4 rings (SSSR count). The lowest BCUT2D eigenvalue weighted by Crippen LogP contribution is -2.28. The predicted octanol–water partition coefficient (Wildman–Crippen LogP) is 3.35. The summed E-state index contributed by atoms with van der Waals surface area (Å²) in [7, 11) is 0. The van der Waals surface area contributed by atoms with Crippen LogP contribution in [0, 0.1) is 0 Å². The van der Waals surface area contributed by atoms with E-state index in [0.717, 1.165) is 24.9 Å². The molecule has 2 aromatic carbocycles. The van der Waals surface area contributed by atoms with E-state index in [9.17, 15) is 4.79 Å². The first-order chi connectivity index (χ1) is 10.3. The van der Waals surface area contributed by atoms with Crippen molar-refractivity contribution in [3.05, 3.63) is 59.8 Å². The summed E-state index contributed by atoms with van der Waals surface area (Å²) in [5.41, 5.74) is 6.13. The second-order valence-corrected chi connectivity index (χ2v) is 5.53. The molecule has 1 N–H and O–H groups in total. The van der Waals surface area contributed by atoms with Gasteiger partial charge >= 0.3 is 0 Å². The van der Waals surface area contributed by atoms with Crippen molar-refractivity contribution in [1.29, 1.82) is 0 Å². The smallest absolute Gasteiger partial charge is 0.210 e. The van der Waals surface area contributed by atoms with Crippen molar-refractivity contribution in [1.82, 2.24) is 9.88 Å². The Labute approximate surface area is 123 Å². The first-order valence-electron chi connectivity index (χ1n) is 7.23. The molecule has 2 heterocycles. The zero-order valence-corrected chi connectivity index (χ0v) is 11.7. The van der Waals surface area contributed by atoms with E-state index < -0.39 is 0 Å². The van der Waals surface area contributed by atoms with Crippen molar-refractivity contribution < 1.29 is 4.79 Å². The third-order valence-corrected chi connectivity index (χ3v) is 4.26. The van der Waals surface area contributed by atoms with Crippen LogP contribution in [0.4, 0.5) is 0 Å². The highest BCUT2D eigenvalue weighted by Gasteiger charge is 2.19. The van der Waals surface area contributed by atoms with Gasteiger partial charge in [-0.2, -0.15) is 0 Å². The number of aromatic nitrogens is 1. The molecule has 21 heavy (non-hydrogen) atoms. The van der Waals surface area contributed by atoms with Crippen molar-refractivity contribution in [2.24, 2.45) is 0 Å². The maximum Gasteiger partial charge on any atom is 0.210 e. The number of nitrogens with one attached hydrogen (secondary N) is 1. The largest absolute Gasteiger partial charge is 0.358 e. The van der Waals surface area contributed by atoms with Gasteiger partial charge in [0.1, 0.15) is 0 Å². The molecule has 1 aliphatic heterocycles. The van der Waals surface area contributed by atoms with Crippen LogP contribution in [0.3, 0.4) is 0 Å². The van der Waals surface area contributed by atoms with Gasteiger partial charge in [-0.05, 0) is 23.3 Å². The lowest BCUT2D eigenvalue weighted by Gasteiger charge is -2.22. The SMILES string of the molecule is O=CN1CCc2[nH]c3ccc(-c4ccccc4)cc3c2C1. The molecule has 0 fully saturated rings. The van der Waals surface area contributed by atoms with Crippen molar-refractivity contribution >= 4 is 17.3 Å². The van der Waals surface area contributed by atoms with Gasteiger partial charge in [0.05, 0.1) is 0 Å². The van der Waals surface area contributed by atoms with Crippen LogP contribution in [0.1, 0.15) is 11.3 Å². The zero-order chi connectivity index (χ0) is 14.2. The molecule has 1 amide bonds. The van der Waals surface area contributed by atoms with Gasteiger partial charge in [0.15, 0.2) is 0 Å². The van der Waals surface area contributed by atoms with E-state index in [4.69, 9.17) is 0 Å². The van der Waals surface area contributed by atoms with E-state index in [1.807, 2.05) is 11.0 Å². The highest BCUT2D eigenvalue weighted by Crippen LogP contribution is 2.31. The van der Waals surface area contributed by atoms with Gasteiger partial charge < -0.3 is 9.88 Å². The fraction of sp³-hybridized carbons (Fsp3) is 0.167. The number of benzene rings is 2. The summed E-state index contributed by atoms with van der Waals surface area (Å²) in [5, 5.41) is 1.23. The molecule has 0 spiro atoms. The standard InChI is InChI=1S/C18H16N2O/c21-12-20-9-8-18-16(11-20)15-10-14(6-7-17(15)19-18)13-4-2-1-3-5-13/h1-7,10,12,19H,8-9,11H2. The number of hydrogen-bond acceptors (Lipinski definition) is 1. The van der Waals surface area contributed by atoms with Crippen LogP contribution >= 0.6 is 0 Å². The zero-order valence-electron chi connectivity index (χ0n) is 11.7. The molecule has 1 aromatic heterocycles. The number of carbonyl (C=O) groups excluding carboxylic acids is 1. The van der Waals surface area contributed by atoms with E-state index in [-0.39, 0.29) is 0 Å². The van der Waals surface area contributed by atoms with E-state index >= 15 is 0 Å². The van der Waals surface area contributed by atoms with Crippen LogP contribution < -0.4 is 0 Å². The molecule has 0 radical (unpaired) electrons. The Morgan fingerprint density at radius 2 is 1.90 bits per heavy atom. The molecule has 104 valence electrons. The summed E-state index contributed by atoms with van der Waals surface area (Å²) >= 11 is 0. The Balaban J connectivity index is 1.86. The lowest BCUT2D eigenvalue weighted by molar-refractivity contribution is -0.118. The third kappa shape index (κ3) is 2.02. The maximum atomic E-state index is 11.0. The minimum absolute atomic E-state index is 0.705. The van der Waals surface area contributed by atoms with Crippen LogP contribution in [-0.2, 0) is 17.8 Å². The first-order valence-corrected chi connectivity index (χ1v) is 7.23. The van der Waals surface area contributed by atoms with Crippen LogP contribution in [-0.4, -0.2) is 22.8 Å². The second-order valence-electron chi connectivity index (χ2n) is 5.53. The third-order valence-electron chi connectivity index (χ3n) is 4.26. The van der Waals surface area contributed by atoms with E-state index in [0.29, 0.717) is 6.54 Å². The monoisotopic (exact) mass is 276 g/mol. The van der Waals surface area contributed by atoms with Crippen LogP contribution in [0.25, 0.3) is 22.0 Å². The summed E-state index contributed by atoms with van der Waals surface area (Å²) in [5.74, 6) is 0. The minimum Gasteiger partial charge on any atom is -0.358 e. The molecule has 3 nitrogen and oxygen atoms in total. The molecule has 3 heteroatoms. The van der Waals surface area contributed by atoms with Gasteiger partial charge in [0, 0.05) is 41.7 Å². The molecule has 1 aliphatic rings. The Hall–Kier alpha value is -2.55. The number of fused-ring (bicyclic) bond motifs is 3. The Bertz CT molecular complexity index is 805. The first kappa shape index (κ1) is 12.2. The predicted molar refractivity (Wildman–Crippen MR) is 83.9 cm³/mol. The number of hydrogen-bond donors (Lipinski definition) is 1. The van der Waals surface area contributed by atoms with E-state index in [1.54, 1.807) is 0 Å². The number of nitrogens with zero attached hydrogens (tertiary/aromatic N) is 1. The lowest BCUT2D eigenvalue weighted by atomic mass is 10.0. The van der Waals surface area contributed by atoms with Gasteiger partial charge in [-0.15, -0.1) is 0 Å². The van der Waals surface area contributed by atoms with Crippen molar-refractivity contribution in [2.45, 2.75) is 13.0 Å². The fourth-order valence-electron chi connectivity index (χ4n) is 3.14. The molecule has 0 saturated heterocycles. The average molecular weight is 276 g/mol. The normalized spacial score (nSPS) is 14.2. The second kappa shape index (κ2) is 4.77. The van der Waals surface area contributed by atoms with Crippen molar-refractivity contribution in [2.75, 3.05) is 6.54 Å². The van der Waals surface area contributed by atoms with Gasteiger partial charge in [0.2, 0.25) is 6.41 Å². The Morgan fingerprint density at radius 3 is 2.71 bits per heavy atom. The van der Waals surface area contributed by atoms with Crippen LogP contribution in [0.15, 0.2) is 48.5 Å². The Kier molecular flexibility index (Phi) is 2.78. The average Bonchev–Trinajstić information content (AvgIpc) is 2.92. The van der Waals surface area contributed by atoms with Crippen LogP contribution in [0.5, 0.6) is 0 Å². The van der Waals surface area contributed by atoms with Crippen molar-refractivity contribution in [3.63, 3.8) is 0 Å². The molecule has 3 aromatic rings. The quantitative estimate of drug-likeness (QED) is 0.716. The van der Waals surface area contributed by atoms with Crippen molar-refractivity contribution in [3.8, 4) is 11.1 Å². The molecule has 0 unspecified atom stereocenters. The fourth-order valence-corrected chi connectivity index (χ4v) is 3.14. The van der Waals surface area contributed by atoms with Gasteiger partial charge in [0.25, 0.3) is 0 Å². The molecule has 0 saturated carbocycles. The van der Waals surface area contributed by atoms with E-state index in [2.05, 4.69) is 47.4 Å². The molecule has 0 atom stereocenters. The summed E-state index contributed by atoms with van der Waals surface area (Å²) in [6.45, 7) is 1.51. The highest BCUT2D eigenvalue weighted by molar-refractivity contribution is 5.89. The molecular weight excluding hydrogens is 260 g/mol. The number of amides is 1. The van der Waals surface area contributed by atoms with Gasteiger partial charge in [-0.25, -0.2) is 0 Å². The summed E-state index contributed by atoms with van der Waals surface area (Å²) in [4.78, 5) is 16.4. The van der Waals surface area contributed by atoms with E-state index in [1.165, 1.54) is 27.8 Å². The molecule has 0 aliphatic carbocycles. The number of carbonyl (C=O) groups is 1. The topological polar surface area (TPSA) is 36.1 Å². The molecule has 0 bridgehead atoms. The maximum absolute atomic E-state index is 11.0. The number of H-pyrrole nitrogens is 1. The Morgan fingerprint density at radius 1 is 1.05 bits per heavy atom. The summed E-state index contributed by atoms with van der Waals surface area (Å²) in [6.07, 6.45) is 1.85. The highest BCUT2D eigenvalue weighted by atomic mass is 16.1. The summed E-state index contributed by atoms with van der Waals surface area (Å²) in [6, 6.07) is 16.9. The van der Waals surface area contributed by atoms with Gasteiger partial charge in [-0.3, -0.25) is 4.79 Å². The number of rotatable bonds is 2. The summed E-state index contributed by atoms with van der Waals surface area (Å²) < 4.78 is 0. The number of aromatic amines is 1. The van der Waals surface area contributed by atoms with Gasteiger partial charge in [-0.1, -0.05) is 36.4 Å². The minimum atomic E-state index is 0.705.